The Labute approximate surface area is 122 Å². The molecule has 3 heteroatoms. The first-order chi connectivity index (χ1) is 9.13. The molecule has 2 rings (SSSR count). The minimum absolute atomic E-state index is 0.0413. The molecule has 0 radical (unpaired) electrons. The maximum absolute atomic E-state index is 11.9. The molecule has 0 aliphatic carbocycles. The molecule has 0 heterocycles. The van der Waals surface area contributed by atoms with E-state index in [4.69, 9.17) is 0 Å². The van der Waals surface area contributed by atoms with E-state index in [2.05, 4.69) is 46.4 Å². The van der Waals surface area contributed by atoms with Crippen LogP contribution < -0.4 is 5.32 Å². The first-order valence-corrected chi connectivity index (χ1v) is 7.04. The molecule has 2 aromatic carbocycles. The van der Waals surface area contributed by atoms with Gasteiger partial charge >= 0.3 is 0 Å². The lowest BCUT2D eigenvalue weighted by Crippen LogP contribution is -2.12. The molecule has 0 fully saturated rings. The molecule has 1 N–H and O–H groups in total. The van der Waals surface area contributed by atoms with Crippen LogP contribution in [0.5, 0.6) is 0 Å². The van der Waals surface area contributed by atoms with E-state index < -0.39 is 0 Å². The number of carbonyl (C=O) groups excluding carboxylic acids is 1. The highest BCUT2D eigenvalue weighted by Crippen LogP contribution is 2.16. The molecule has 0 aliphatic heterocycles. The van der Waals surface area contributed by atoms with E-state index in [0.29, 0.717) is 6.42 Å². The van der Waals surface area contributed by atoms with Crippen LogP contribution >= 0.6 is 15.9 Å². The van der Waals surface area contributed by atoms with Gasteiger partial charge in [-0.15, -0.1) is 0 Å². The van der Waals surface area contributed by atoms with E-state index in [1.165, 1.54) is 11.1 Å². The topological polar surface area (TPSA) is 29.1 Å². The molecule has 0 spiro atoms. The summed E-state index contributed by atoms with van der Waals surface area (Å²) in [6, 6.07) is 15.9. The number of carbonyl (C=O) groups is 1. The average Bonchev–Trinajstić information content (AvgIpc) is 2.36. The van der Waals surface area contributed by atoms with Gasteiger partial charge in [0.15, 0.2) is 0 Å². The van der Waals surface area contributed by atoms with Crippen LogP contribution in [0.25, 0.3) is 0 Å². The van der Waals surface area contributed by atoms with Gasteiger partial charge < -0.3 is 5.32 Å². The van der Waals surface area contributed by atoms with Crippen molar-refractivity contribution in [2.45, 2.75) is 19.8 Å². The normalized spacial score (nSPS) is 10.2. The molecule has 0 saturated heterocycles. The summed E-state index contributed by atoms with van der Waals surface area (Å²) < 4.78 is 0.962. The van der Waals surface area contributed by atoms with Gasteiger partial charge in [0, 0.05) is 16.6 Å². The van der Waals surface area contributed by atoms with E-state index in [1.54, 1.807) is 0 Å². The SMILES string of the molecule is Cc1cccc(CCC(=O)Nc2cccc(Br)c2)c1. The Morgan fingerprint density at radius 3 is 2.68 bits per heavy atom. The van der Waals surface area contributed by atoms with Gasteiger partial charge in [0.25, 0.3) is 0 Å². The minimum Gasteiger partial charge on any atom is -0.326 e. The zero-order chi connectivity index (χ0) is 13.7. The fourth-order valence-corrected chi connectivity index (χ4v) is 2.31. The molecule has 0 aromatic heterocycles. The number of benzene rings is 2. The van der Waals surface area contributed by atoms with Crippen molar-refractivity contribution in [3.63, 3.8) is 0 Å². The third kappa shape index (κ3) is 4.52. The van der Waals surface area contributed by atoms with Crippen molar-refractivity contribution in [2.75, 3.05) is 5.32 Å². The molecule has 1 amide bonds. The Kier molecular flexibility index (Phi) is 4.74. The lowest BCUT2D eigenvalue weighted by atomic mass is 10.1. The van der Waals surface area contributed by atoms with Crippen LogP contribution in [0.4, 0.5) is 5.69 Å². The van der Waals surface area contributed by atoms with Crippen molar-refractivity contribution in [1.82, 2.24) is 0 Å². The number of hydrogen-bond acceptors (Lipinski definition) is 1. The van der Waals surface area contributed by atoms with Crippen molar-refractivity contribution in [3.05, 3.63) is 64.1 Å². The second kappa shape index (κ2) is 6.53. The molecule has 2 aromatic rings. The molecule has 2 nitrogen and oxygen atoms in total. The van der Waals surface area contributed by atoms with Crippen LogP contribution in [0.2, 0.25) is 0 Å². The monoisotopic (exact) mass is 317 g/mol. The van der Waals surface area contributed by atoms with E-state index in [-0.39, 0.29) is 5.91 Å². The standard InChI is InChI=1S/C16H16BrNO/c1-12-4-2-5-13(10-12)8-9-16(19)18-15-7-3-6-14(17)11-15/h2-7,10-11H,8-9H2,1H3,(H,18,19). The lowest BCUT2D eigenvalue weighted by molar-refractivity contribution is -0.116. The molecule has 0 bridgehead atoms. The summed E-state index contributed by atoms with van der Waals surface area (Å²) in [6.45, 7) is 2.06. The Morgan fingerprint density at radius 1 is 1.16 bits per heavy atom. The maximum atomic E-state index is 11.9. The molecule has 19 heavy (non-hydrogen) atoms. The van der Waals surface area contributed by atoms with Gasteiger partial charge in [0.2, 0.25) is 5.91 Å². The van der Waals surface area contributed by atoms with Gasteiger partial charge in [0.1, 0.15) is 0 Å². The highest BCUT2D eigenvalue weighted by molar-refractivity contribution is 9.10. The number of nitrogens with one attached hydrogen (secondary N) is 1. The first kappa shape index (κ1) is 13.8. The van der Waals surface area contributed by atoms with Gasteiger partial charge in [-0.05, 0) is 37.1 Å². The van der Waals surface area contributed by atoms with E-state index in [0.717, 1.165) is 16.6 Å². The van der Waals surface area contributed by atoms with Crippen molar-refractivity contribution in [1.29, 1.82) is 0 Å². The molecule has 0 aliphatic rings. The van der Waals surface area contributed by atoms with Crippen LogP contribution in [-0.2, 0) is 11.2 Å². The Bertz CT molecular complexity index is 580. The number of amides is 1. The quantitative estimate of drug-likeness (QED) is 0.893. The Morgan fingerprint density at radius 2 is 1.95 bits per heavy atom. The summed E-state index contributed by atoms with van der Waals surface area (Å²) in [5.41, 5.74) is 3.25. The second-order valence-electron chi connectivity index (χ2n) is 4.55. The van der Waals surface area contributed by atoms with Crippen molar-refractivity contribution >= 4 is 27.5 Å². The van der Waals surface area contributed by atoms with Gasteiger partial charge in [-0.1, -0.05) is 51.8 Å². The van der Waals surface area contributed by atoms with E-state index in [1.807, 2.05) is 30.3 Å². The van der Waals surface area contributed by atoms with Gasteiger partial charge in [0.05, 0.1) is 0 Å². The number of halogens is 1. The molecule has 0 saturated carbocycles. The van der Waals surface area contributed by atoms with Crippen molar-refractivity contribution < 1.29 is 4.79 Å². The molecular weight excluding hydrogens is 302 g/mol. The second-order valence-corrected chi connectivity index (χ2v) is 5.46. The summed E-state index contributed by atoms with van der Waals surface area (Å²) in [4.78, 5) is 11.9. The van der Waals surface area contributed by atoms with Crippen LogP contribution in [0, 0.1) is 6.92 Å². The summed E-state index contributed by atoms with van der Waals surface area (Å²) in [5, 5.41) is 2.90. The Hall–Kier alpha value is -1.61. The molecule has 98 valence electrons. The predicted molar refractivity (Wildman–Crippen MR) is 82.3 cm³/mol. The number of aryl methyl sites for hydroxylation is 2. The molecule has 0 atom stereocenters. The van der Waals surface area contributed by atoms with Gasteiger partial charge in [-0.25, -0.2) is 0 Å². The van der Waals surface area contributed by atoms with E-state index >= 15 is 0 Å². The number of rotatable bonds is 4. The summed E-state index contributed by atoms with van der Waals surface area (Å²) in [6.07, 6.45) is 1.26. The summed E-state index contributed by atoms with van der Waals surface area (Å²) >= 11 is 3.38. The molecule has 0 unspecified atom stereocenters. The zero-order valence-electron chi connectivity index (χ0n) is 10.8. The first-order valence-electron chi connectivity index (χ1n) is 6.24. The largest absolute Gasteiger partial charge is 0.326 e. The van der Waals surface area contributed by atoms with E-state index in [9.17, 15) is 4.79 Å². The minimum atomic E-state index is 0.0413. The van der Waals surface area contributed by atoms with Gasteiger partial charge in [-0.3, -0.25) is 4.79 Å². The maximum Gasteiger partial charge on any atom is 0.224 e. The fourth-order valence-electron chi connectivity index (χ4n) is 1.92. The third-order valence-electron chi connectivity index (χ3n) is 2.83. The zero-order valence-corrected chi connectivity index (χ0v) is 12.4. The highest BCUT2D eigenvalue weighted by atomic mass is 79.9. The highest BCUT2D eigenvalue weighted by Gasteiger charge is 2.03. The smallest absolute Gasteiger partial charge is 0.224 e. The summed E-state index contributed by atoms with van der Waals surface area (Å²) in [5.74, 6) is 0.0413. The summed E-state index contributed by atoms with van der Waals surface area (Å²) in [7, 11) is 0. The van der Waals surface area contributed by atoms with Crippen molar-refractivity contribution in [3.8, 4) is 0 Å². The van der Waals surface area contributed by atoms with Crippen LogP contribution in [-0.4, -0.2) is 5.91 Å². The average molecular weight is 318 g/mol. The van der Waals surface area contributed by atoms with Crippen LogP contribution in [0.3, 0.4) is 0 Å². The van der Waals surface area contributed by atoms with Crippen LogP contribution in [0.1, 0.15) is 17.5 Å². The number of anilines is 1. The molecular formula is C16H16BrNO. The predicted octanol–water partition coefficient (Wildman–Crippen LogP) is 4.33. The Balaban J connectivity index is 1.88. The van der Waals surface area contributed by atoms with Crippen LogP contribution in [0.15, 0.2) is 53.0 Å². The number of hydrogen-bond donors (Lipinski definition) is 1. The lowest BCUT2D eigenvalue weighted by Gasteiger charge is -2.06. The van der Waals surface area contributed by atoms with Crippen molar-refractivity contribution in [2.24, 2.45) is 0 Å². The third-order valence-corrected chi connectivity index (χ3v) is 3.32. The van der Waals surface area contributed by atoms with Gasteiger partial charge in [-0.2, -0.15) is 0 Å². The fraction of sp³-hybridized carbons (Fsp3) is 0.188.